The number of hydrogen-bond acceptors (Lipinski definition) is 4. The lowest BCUT2D eigenvalue weighted by Gasteiger charge is -2.33. The summed E-state index contributed by atoms with van der Waals surface area (Å²) in [6.07, 6.45) is 10.5. The Labute approximate surface area is 162 Å². The van der Waals surface area contributed by atoms with Crippen LogP contribution in [0.25, 0.3) is 5.78 Å². The van der Waals surface area contributed by atoms with E-state index in [4.69, 9.17) is 0 Å². The fraction of sp³-hybridized carbons (Fsp3) is 0.500. The van der Waals surface area contributed by atoms with Gasteiger partial charge in [-0.15, -0.1) is 0 Å². The van der Waals surface area contributed by atoms with Crippen LogP contribution < -0.4 is 0 Å². The summed E-state index contributed by atoms with van der Waals surface area (Å²) in [5.74, 6) is 1.71. The largest absolute Gasteiger partial charge is 0.298 e. The molecule has 1 saturated heterocycles. The van der Waals surface area contributed by atoms with Crippen molar-refractivity contribution in [1.29, 1.82) is 0 Å². The number of aryl methyl sites for hydroxylation is 1. The Morgan fingerprint density at radius 1 is 1.41 bits per heavy atom. The SMILES string of the molecule is C=C/C(=C\C(C)=C/C(C)C)CN1CCCC(c2cc(C)nc3ncnn23)C1. The lowest BCUT2D eigenvalue weighted by molar-refractivity contribution is 0.221. The van der Waals surface area contributed by atoms with Crippen molar-refractivity contribution in [1.82, 2.24) is 24.5 Å². The molecular weight excluding hydrogens is 334 g/mol. The number of likely N-dealkylation sites (tertiary alicyclic amines) is 1. The molecule has 0 radical (unpaired) electrons. The predicted octanol–water partition coefficient (Wildman–Crippen LogP) is 4.33. The summed E-state index contributed by atoms with van der Waals surface area (Å²) >= 11 is 0. The summed E-state index contributed by atoms with van der Waals surface area (Å²) in [5, 5.41) is 4.39. The first kappa shape index (κ1) is 19.5. The molecule has 1 aliphatic heterocycles. The van der Waals surface area contributed by atoms with Gasteiger partial charge in [-0.3, -0.25) is 4.90 Å². The highest BCUT2D eigenvalue weighted by Crippen LogP contribution is 2.27. The molecule has 2 aromatic heterocycles. The molecule has 0 bridgehead atoms. The van der Waals surface area contributed by atoms with Crippen LogP contribution >= 0.6 is 0 Å². The second-order valence-electron chi connectivity index (χ2n) is 7.95. The molecule has 0 aliphatic carbocycles. The Morgan fingerprint density at radius 2 is 2.22 bits per heavy atom. The zero-order valence-electron chi connectivity index (χ0n) is 17.0. The minimum atomic E-state index is 0.447. The molecule has 0 N–H and O–H groups in total. The first-order valence-electron chi connectivity index (χ1n) is 9.87. The van der Waals surface area contributed by atoms with Gasteiger partial charge in [0.15, 0.2) is 0 Å². The molecule has 1 unspecified atom stereocenters. The molecule has 0 saturated carbocycles. The highest BCUT2D eigenvalue weighted by atomic mass is 15.3. The van der Waals surface area contributed by atoms with E-state index < -0.39 is 0 Å². The maximum atomic E-state index is 4.48. The summed E-state index contributed by atoms with van der Waals surface area (Å²) in [4.78, 5) is 11.3. The van der Waals surface area contributed by atoms with Crippen molar-refractivity contribution in [2.75, 3.05) is 19.6 Å². The molecule has 1 aliphatic rings. The Bertz CT molecular complexity index is 859. The van der Waals surface area contributed by atoms with Crippen LogP contribution in [0.4, 0.5) is 0 Å². The number of nitrogens with zero attached hydrogens (tertiary/aromatic N) is 5. The fourth-order valence-corrected chi connectivity index (χ4v) is 3.98. The summed E-state index contributed by atoms with van der Waals surface area (Å²) in [7, 11) is 0. The Kier molecular flexibility index (Phi) is 6.22. The first-order valence-corrected chi connectivity index (χ1v) is 9.87. The zero-order valence-corrected chi connectivity index (χ0v) is 17.0. The number of rotatable bonds is 6. The van der Waals surface area contributed by atoms with Gasteiger partial charge >= 0.3 is 0 Å². The zero-order chi connectivity index (χ0) is 19.4. The molecule has 0 aromatic carbocycles. The average Bonchev–Trinajstić information content (AvgIpc) is 3.08. The van der Waals surface area contributed by atoms with E-state index in [1.807, 2.05) is 17.5 Å². The number of hydrogen-bond donors (Lipinski definition) is 0. The molecule has 3 heterocycles. The van der Waals surface area contributed by atoms with Crippen molar-refractivity contribution in [3.8, 4) is 0 Å². The maximum Gasteiger partial charge on any atom is 0.252 e. The number of allylic oxidation sites excluding steroid dienone is 3. The van der Waals surface area contributed by atoms with Gasteiger partial charge in [-0.2, -0.15) is 10.1 Å². The van der Waals surface area contributed by atoms with Crippen LogP contribution in [-0.4, -0.2) is 44.1 Å². The van der Waals surface area contributed by atoms with Gasteiger partial charge < -0.3 is 0 Å². The van der Waals surface area contributed by atoms with Crippen LogP contribution in [0.3, 0.4) is 0 Å². The smallest absolute Gasteiger partial charge is 0.252 e. The Hall–Kier alpha value is -2.27. The summed E-state index contributed by atoms with van der Waals surface area (Å²) in [6.45, 7) is 15.7. The molecule has 144 valence electrons. The Morgan fingerprint density at radius 3 is 2.96 bits per heavy atom. The molecule has 1 fully saturated rings. The number of aromatic nitrogens is 4. The third kappa shape index (κ3) is 4.92. The third-order valence-corrected chi connectivity index (χ3v) is 5.01. The van der Waals surface area contributed by atoms with Crippen molar-refractivity contribution in [3.05, 3.63) is 59.7 Å². The fourth-order valence-electron chi connectivity index (χ4n) is 3.98. The summed E-state index contributed by atoms with van der Waals surface area (Å²) in [6, 6.07) is 2.16. The third-order valence-electron chi connectivity index (χ3n) is 5.01. The second-order valence-corrected chi connectivity index (χ2v) is 7.95. The molecule has 0 spiro atoms. The maximum absolute atomic E-state index is 4.48. The minimum absolute atomic E-state index is 0.447. The van der Waals surface area contributed by atoms with Crippen molar-refractivity contribution in [3.63, 3.8) is 0 Å². The van der Waals surface area contributed by atoms with Gasteiger partial charge in [0.2, 0.25) is 0 Å². The number of fused-ring (bicyclic) bond motifs is 1. The van der Waals surface area contributed by atoms with Crippen molar-refractivity contribution in [2.24, 2.45) is 5.92 Å². The molecule has 5 heteroatoms. The standard InChI is InChI=1S/C22H31N5/c1-6-19(11-17(4)10-16(2)3)13-26-9-7-8-20(14-26)21-12-18(5)25-22-23-15-24-27(21)22/h6,10-12,15-16,20H,1,7-9,13-14H2,2-5H3/b17-10-,19-11+. The second kappa shape index (κ2) is 8.61. The number of piperidine rings is 1. The van der Waals surface area contributed by atoms with Crippen molar-refractivity contribution in [2.45, 2.75) is 46.5 Å². The van der Waals surface area contributed by atoms with Gasteiger partial charge in [0.05, 0.1) is 5.69 Å². The Balaban J connectivity index is 1.76. The van der Waals surface area contributed by atoms with Gasteiger partial charge in [0, 0.05) is 24.7 Å². The summed E-state index contributed by atoms with van der Waals surface area (Å²) in [5.41, 5.74) is 4.81. The van der Waals surface area contributed by atoms with E-state index in [0.29, 0.717) is 17.6 Å². The van der Waals surface area contributed by atoms with Crippen molar-refractivity contribution < 1.29 is 0 Å². The molecule has 5 nitrogen and oxygen atoms in total. The lowest BCUT2D eigenvalue weighted by Crippen LogP contribution is -2.36. The van der Waals surface area contributed by atoms with E-state index in [1.54, 1.807) is 6.33 Å². The van der Waals surface area contributed by atoms with E-state index in [-0.39, 0.29) is 0 Å². The normalized spacial score (nSPS) is 19.8. The van der Waals surface area contributed by atoms with Crippen LogP contribution in [-0.2, 0) is 0 Å². The van der Waals surface area contributed by atoms with Gasteiger partial charge in [-0.05, 0) is 50.8 Å². The van der Waals surface area contributed by atoms with E-state index in [0.717, 1.165) is 25.3 Å². The van der Waals surface area contributed by atoms with E-state index in [9.17, 15) is 0 Å². The quantitative estimate of drug-likeness (QED) is 0.715. The predicted molar refractivity (Wildman–Crippen MR) is 111 cm³/mol. The monoisotopic (exact) mass is 365 g/mol. The van der Waals surface area contributed by atoms with E-state index in [2.05, 4.69) is 65.5 Å². The van der Waals surface area contributed by atoms with E-state index >= 15 is 0 Å². The first-order chi connectivity index (χ1) is 13.0. The minimum Gasteiger partial charge on any atom is -0.298 e. The topological polar surface area (TPSA) is 46.3 Å². The van der Waals surface area contributed by atoms with Crippen molar-refractivity contribution >= 4 is 5.78 Å². The van der Waals surface area contributed by atoms with Gasteiger partial charge in [0.25, 0.3) is 5.78 Å². The van der Waals surface area contributed by atoms with Gasteiger partial charge in [-0.1, -0.05) is 44.2 Å². The van der Waals surface area contributed by atoms with Crippen LogP contribution in [0.1, 0.15) is 50.9 Å². The molecular formula is C22H31N5. The highest BCUT2D eigenvalue weighted by molar-refractivity contribution is 5.32. The van der Waals surface area contributed by atoms with Crippen LogP contribution in [0.2, 0.25) is 0 Å². The van der Waals surface area contributed by atoms with Crippen LogP contribution in [0.15, 0.2) is 48.3 Å². The molecule has 0 amide bonds. The van der Waals surface area contributed by atoms with Gasteiger partial charge in [0.1, 0.15) is 6.33 Å². The lowest BCUT2D eigenvalue weighted by atomic mass is 9.93. The summed E-state index contributed by atoms with van der Waals surface area (Å²) < 4.78 is 1.90. The average molecular weight is 366 g/mol. The molecule has 1 atom stereocenters. The molecule has 27 heavy (non-hydrogen) atoms. The van der Waals surface area contributed by atoms with Gasteiger partial charge in [-0.25, -0.2) is 9.50 Å². The van der Waals surface area contributed by atoms with Crippen LogP contribution in [0, 0.1) is 12.8 Å². The molecule has 2 aromatic rings. The molecule has 3 rings (SSSR count). The highest BCUT2D eigenvalue weighted by Gasteiger charge is 2.24. The van der Waals surface area contributed by atoms with Crippen LogP contribution in [0.5, 0.6) is 0 Å². The van der Waals surface area contributed by atoms with E-state index in [1.165, 1.54) is 29.7 Å².